The van der Waals surface area contributed by atoms with Crippen molar-refractivity contribution in [2.24, 2.45) is 23.5 Å². The Hall–Kier alpha value is -0.530. The molecule has 3 atom stereocenters. The van der Waals surface area contributed by atoms with Crippen molar-refractivity contribution < 1.29 is 4.79 Å². The Bertz CT molecular complexity index is 155. The van der Waals surface area contributed by atoms with E-state index in [0.29, 0.717) is 11.8 Å². The second-order valence-electron chi connectivity index (χ2n) is 3.54. The zero-order valence-electron chi connectivity index (χ0n) is 6.05. The average molecular weight is 139 g/mol. The van der Waals surface area contributed by atoms with Crippen LogP contribution >= 0.6 is 0 Å². The Labute approximate surface area is 60.8 Å². The summed E-state index contributed by atoms with van der Waals surface area (Å²) in [6.45, 7) is 0. The van der Waals surface area contributed by atoms with Gasteiger partial charge in [-0.15, -0.1) is 0 Å². The van der Waals surface area contributed by atoms with Gasteiger partial charge in [-0.1, -0.05) is 12.8 Å². The van der Waals surface area contributed by atoms with E-state index in [-0.39, 0.29) is 11.8 Å². The van der Waals surface area contributed by atoms with E-state index in [1.54, 1.807) is 0 Å². The SMILES string of the molecule is NC(=O)C1[C@H]2CCCC[C@@H]12. The molecule has 0 heterocycles. The van der Waals surface area contributed by atoms with Crippen LogP contribution in [0, 0.1) is 17.8 Å². The third-order valence-electron chi connectivity index (χ3n) is 2.99. The normalized spacial score (nSPS) is 44.2. The van der Waals surface area contributed by atoms with E-state index in [9.17, 15) is 4.79 Å². The van der Waals surface area contributed by atoms with Crippen molar-refractivity contribution in [3.05, 3.63) is 0 Å². The van der Waals surface area contributed by atoms with Crippen LogP contribution < -0.4 is 5.73 Å². The maximum Gasteiger partial charge on any atom is 0.221 e. The quantitative estimate of drug-likeness (QED) is 0.576. The molecule has 56 valence electrons. The maximum atomic E-state index is 10.8. The number of hydrogen-bond donors (Lipinski definition) is 1. The minimum atomic E-state index is -0.0584. The molecule has 0 aliphatic heterocycles. The van der Waals surface area contributed by atoms with E-state index >= 15 is 0 Å². The van der Waals surface area contributed by atoms with Gasteiger partial charge in [0, 0.05) is 5.92 Å². The molecule has 0 bridgehead atoms. The van der Waals surface area contributed by atoms with Crippen molar-refractivity contribution in [2.45, 2.75) is 25.7 Å². The average Bonchev–Trinajstić information content (AvgIpc) is 2.60. The number of nitrogens with two attached hydrogens (primary N) is 1. The molecule has 2 fully saturated rings. The van der Waals surface area contributed by atoms with Gasteiger partial charge in [-0.25, -0.2) is 0 Å². The summed E-state index contributed by atoms with van der Waals surface area (Å²) < 4.78 is 0. The van der Waals surface area contributed by atoms with Crippen LogP contribution in [0.15, 0.2) is 0 Å². The molecule has 1 unspecified atom stereocenters. The fourth-order valence-corrected chi connectivity index (χ4v) is 2.41. The molecule has 2 nitrogen and oxygen atoms in total. The summed E-state index contributed by atoms with van der Waals surface area (Å²) in [6, 6.07) is 0. The summed E-state index contributed by atoms with van der Waals surface area (Å²) in [6.07, 6.45) is 5.12. The molecule has 0 spiro atoms. The Morgan fingerprint density at radius 2 is 1.70 bits per heavy atom. The Kier molecular flexibility index (Phi) is 1.22. The predicted molar refractivity (Wildman–Crippen MR) is 38.1 cm³/mol. The first kappa shape index (κ1) is 6.20. The van der Waals surface area contributed by atoms with Crippen LogP contribution in [-0.4, -0.2) is 5.91 Å². The van der Waals surface area contributed by atoms with Gasteiger partial charge < -0.3 is 5.73 Å². The summed E-state index contributed by atoms with van der Waals surface area (Å²) in [5.74, 6) is 1.58. The molecule has 0 radical (unpaired) electrons. The maximum absolute atomic E-state index is 10.8. The lowest BCUT2D eigenvalue weighted by molar-refractivity contribution is -0.119. The molecule has 2 N–H and O–H groups in total. The molecule has 0 aromatic rings. The highest BCUT2D eigenvalue weighted by Gasteiger charge is 2.53. The van der Waals surface area contributed by atoms with Gasteiger partial charge in [-0.2, -0.15) is 0 Å². The molecule has 2 aliphatic carbocycles. The first-order valence-electron chi connectivity index (χ1n) is 4.10. The molecular weight excluding hydrogens is 126 g/mol. The van der Waals surface area contributed by atoms with Gasteiger partial charge in [0.25, 0.3) is 0 Å². The van der Waals surface area contributed by atoms with Gasteiger partial charge in [-0.05, 0) is 24.7 Å². The Balaban J connectivity index is 1.99. The van der Waals surface area contributed by atoms with Crippen LogP contribution in [0.3, 0.4) is 0 Å². The Morgan fingerprint density at radius 1 is 1.20 bits per heavy atom. The first-order valence-corrected chi connectivity index (χ1v) is 4.10. The summed E-state index contributed by atoms with van der Waals surface area (Å²) in [5.41, 5.74) is 5.22. The van der Waals surface area contributed by atoms with Crippen LogP contribution in [0.1, 0.15) is 25.7 Å². The van der Waals surface area contributed by atoms with Gasteiger partial charge in [0.05, 0.1) is 0 Å². The van der Waals surface area contributed by atoms with Gasteiger partial charge in [0.1, 0.15) is 0 Å². The second kappa shape index (κ2) is 1.97. The molecule has 0 aromatic carbocycles. The van der Waals surface area contributed by atoms with Crippen molar-refractivity contribution in [1.82, 2.24) is 0 Å². The third-order valence-corrected chi connectivity index (χ3v) is 2.99. The van der Waals surface area contributed by atoms with Gasteiger partial charge in [0.2, 0.25) is 5.91 Å². The van der Waals surface area contributed by atoms with Gasteiger partial charge >= 0.3 is 0 Å². The monoisotopic (exact) mass is 139 g/mol. The van der Waals surface area contributed by atoms with Crippen molar-refractivity contribution in [2.75, 3.05) is 0 Å². The third kappa shape index (κ3) is 0.746. The minimum Gasteiger partial charge on any atom is -0.369 e. The number of amides is 1. The topological polar surface area (TPSA) is 43.1 Å². The van der Waals surface area contributed by atoms with Crippen LogP contribution in [-0.2, 0) is 4.79 Å². The number of fused-ring (bicyclic) bond motifs is 1. The molecular formula is C8H13NO. The number of rotatable bonds is 1. The Morgan fingerprint density at radius 3 is 2.10 bits per heavy atom. The largest absolute Gasteiger partial charge is 0.369 e. The highest BCUT2D eigenvalue weighted by atomic mass is 16.1. The van der Waals surface area contributed by atoms with E-state index in [0.717, 1.165) is 0 Å². The standard InChI is InChI=1S/C8H13NO/c9-8(10)7-5-3-1-2-4-6(5)7/h5-7H,1-4H2,(H2,9,10)/t5-,6+,7?. The lowest BCUT2D eigenvalue weighted by Crippen LogP contribution is -2.14. The lowest BCUT2D eigenvalue weighted by atomic mass is 10.0. The summed E-state index contributed by atoms with van der Waals surface area (Å²) >= 11 is 0. The van der Waals surface area contributed by atoms with Gasteiger partial charge in [0.15, 0.2) is 0 Å². The van der Waals surface area contributed by atoms with Crippen LogP contribution in [0.5, 0.6) is 0 Å². The number of primary amides is 1. The molecule has 2 rings (SSSR count). The number of hydrogen-bond acceptors (Lipinski definition) is 1. The second-order valence-corrected chi connectivity index (χ2v) is 3.54. The van der Waals surface area contributed by atoms with Crippen LogP contribution in [0.2, 0.25) is 0 Å². The molecule has 2 heteroatoms. The predicted octanol–water partition coefficient (Wildman–Crippen LogP) is 0.908. The van der Waals surface area contributed by atoms with Crippen LogP contribution in [0.25, 0.3) is 0 Å². The molecule has 2 aliphatic rings. The minimum absolute atomic E-state index is 0.0584. The van der Waals surface area contributed by atoms with E-state index in [4.69, 9.17) is 5.73 Å². The zero-order valence-corrected chi connectivity index (χ0v) is 6.05. The van der Waals surface area contributed by atoms with E-state index in [1.165, 1.54) is 25.7 Å². The highest BCUT2D eigenvalue weighted by Crippen LogP contribution is 2.54. The molecule has 10 heavy (non-hydrogen) atoms. The zero-order chi connectivity index (χ0) is 7.14. The highest BCUT2D eigenvalue weighted by molar-refractivity contribution is 5.80. The van der Waals surface area contributed by atoms with Crippen molar-refractivity contribution in [3.8, 4) is 0 Å². The fraction of sp³-hybridized carbons (Fsp3) is 0.875. The molecule has 0 aromatic heterocycles. The number of carbonyl (C=O) groups excluding carboxylic acids is 1. The smallest absolute Gasteiger partial charge is 0.221 e. The van der Waals surface area contributed by atoms with Crippen molar-refractivity contribution >= 4 is 5.91 Å². The van der Waals surface area contributed by atoms with E-state index in [2.05, 4.69) is 0 Å². The summed E-state index contributed by atoms with van der Waals surface area (Å²) in [4.78, 5) is 10.8. The molecule has 0 saturated heterocycles. The van der Waals surface area contributed by atoms with Crippen LogP contribution in [0.4, 0.5) is 0 Å². The molecule has 1 amide bonds. The summed E-state index contributed by atoms with van der Waals surface area (Å²) in [5, 5.41) is 0. The lowest BCUT2D eigenvalue weighted by Gasteiger charge is -2.04. The van der Waals surface area contributed by atoms with Crippen molar-refractivity contribution in [3.63, 3.8) is 0 Å². The van der Waals surface area contributed by atoms with E-state index in [1.807, 2.05) is 0 Å². The summed E-state index contributed by atoms with van der Waals surface area (Å²) in [7, 11) is 0. The number of carbonyl (C=O) groups is 1. The molecule has 2 saturated carbocycles. The first-order chi connectivity index (χ1) is 4.80. The fourth-order valence-electron chi connectivity index (χ4n) is 2.41. The van der Waals surface area contributed by atoms with Crippen molar-refractivity contribution in [1.29, 1.82) is 0 Å². The van der Waals surface area contributed by atoms with E-state index < -0.39 is 0 Å². The van der Waals surface area contributed by atoms with Gasteiger partial charge in [-0.3, -0.25) is 4.79 Å².